The van der Waals surface area contributed by atoms with Gasteiger partial charge in [0.25, 0.3) is 0 Å². The Morgan fingerprint density at radius 2 is 1.95 bits per heavy atom. The summed E-state index contributed by atoms with van der Waals surface area (Å²) < 4.78 is 0. The van der Waals surface area contributed by atoms with Crippen molar-refractivity contribution in [3.05, 3.63) is 17.5 Å². The summed E-state index contributed by atoms with van der Waals surface area (Å²) in [5.74, 6) is 1.59. The summed E-state index contributed by atoms with van der Waals surface area (Å²) in [6.45, 7) is 10.6. The predicted molar refractivity (Wildman–Crippen MR) is 79.4 cm³/mol. The molecule has 0 atom stereocenters. The van der Waals surface area contributed by atoms with E-state index in [1.54, 1.807) is 0 Å². The molecule has 1 saturated heterocycles. The van der Waals surface area contributed by atoms with E-state index in [1.807, 2.05) is 0 Å². The van der Waals surface area contributed by atoms with Gasteiger partial charge in [-0.3, -0.25) is 0 Å². The van der Waals surface area contributed by atoms with Crippen LogP contribution in [0.4, 0.5) is 5.95 Å². The quantitative estimate of drug-likeness (QED) is 0.885. The minimum Gasteiger partial charge on any atom is -0.341 e. The Morgan fingerprint density at radius 1 is 1.21 bits per heavy atom. The van der Waals surface area contributed by atoms with E-state index in [0.29, 0.717) is 5.92 Å². The lowest BCUT2D eigenvalue weighted by molar-refractivity contribution is 0.543. The number of rotatable bonds is 5. The van der Waals surface area contributed by atoms with Crippen LogP contribution in [-0.2, 0) is 6.54 Å². The molecule has 0 bridgehead atoms. The highest BCUT2D eigenvalue weighted by atomic mass is 15.3. The smallest absolute Gasteiger partial charge is 0.225 e. The Labute approximate surface area is 116 Å². The lowest BCUT2D eigenvalue weighted by atomic mass is 10.1. The fourth-order valence-electron chi connectivity index (χ4n) is 2.43. The normalized spacial score (nSPS) is 16.1. The Morgan fingerprint density at radius 3 is 2.63 bits per heavy atom. The third kappa shape index (κ3) is 4.46. The number of nitrogens with one attached hydrogen (secondary N) is 1. The maximum Gasteiger partial charge on any atom is 0.225 e. The summed E-state index contributed by atoms with van der Waals surface area (Å²) >= 11 is 0. The molecule has 0 saturated carbocycles. The molecule has 1 aliphatic rings. The van der Waals surface area contributed by atoms with Crippen LogP contribution >= 0.6 is 0 Å². The second kappa shape index (κ2) is 6.85. The standard InChI is InChI=1S/C15H26N4/c1-12(2)10-16-11-14-9-13(3)17-15(18-14)19-7-5-4-6-8-19/h9,12,16H,4-8,10-11H2,1-3H3. The van der Waals surface area contributed by atoms with E-state index in [0.717, 1.165) is 43.5 Å². The number of hydrogen-bond acceptors (Lipinski definition) is 4. The van der Waals surface area contributed by atoms with Gasteiger partial charge in [-0.1, -0.05) is 13.8 Å². The summed E-state index contributed by atoms with van der Waals surface area (Å²) in [7, 11) is 0. The van der Waals surface area contributed by atoms with Gasteiger partial charge in [-0.25, -0.2) is 9.97 Å². The van der Waals surface area contributed by atoms with Crippen LogP contribution in [-0.4, -0.2) is 29.6 Å². The third-order valence-electron chi connectivity index (χ3n) is 3.39. The first-order valence-corrected chi connectivity index (χ1v) is 7.45. The van der Waals surface area contributed by atoms with Gasteiger partial charge >= 0.3 is 0 Å². The maximum atomic E-state index is 4.71. The van der Waals surface area contributed by atoms with Crippen LogP contribution in [0.2, 0.25) is 0 Å². The Kier molecular flexibility index (Phi) is 5.14. The fourth-order valence-corrected chi connectivity index (χ4v) is 2.43. The zero-order chi connectivity index (χ0) is 13.7. The van der Waals surface area contributed by atoms with Gasteiger partial charge in [0.15, 0.2) is 0 Å². The zero-order valence-corrected chi connectivity index (χ0v) is 12.4. The molecule has 19 heavy (non-hydrogen) atoms. The second-order valence-corrected chi connectivity index (χ2v) is 5.87. The largest absolute Gasteiger partial charge is 0.341 e. The van der Waals surface area contributed by atoms with Crippen LogP contribution in [0, 0.1) is 12.8 Å². The number of piperidine rings is 1. The van der Waals surface area contributed by atoms with Gasteiger partial charge < -0.3 is 10.2 Å². The number of hydrogen-bond donors (Lipinski definition) is 1. The summed E-state index contributed by atoms with van der Waals surface area (Å²) in [6.07, 6.45) is 3.86. The highest BCUT2D eigenvalue weighted by molar-refractivity contribution is 5.32. The van der Waals surface area contributed by atoms with Gasteiger partial charge in [0.2, 0.25) is 5.95 Å². The summed E-state index contributed by atoms with van der Waals surface area (Å²) in [5, 5.41) is 3.45. The van der Waals surface area contributed by atoms with Crippen molar-refractivity contribution in [2.45, 2.75) is 46.6 Å². The molecule has 2 heterocycles. The van der Waals surface area contributed by atoms with Crippen molar-refractivity contribution in [1.29, 1.82) is 0 Å². The molecule has 0 radical (unpaired) electrons. The summed E-state index contributed by atoms with van der Waals surface area (Å²) in [6, 6.07) is 2.08. The molecule has 4 heteroatoms. The van der Waals surface area contributed by atoms with Crippen molar-refractivity contribution in [2.24, 2.45) is 5.92 Å². The second-order valence-electron chi connectivity index (χ2n) is 5.87. The van der Waals surface area contributed by atoms with Crippen LogP contribution in [0.25, 0.3) is 0 Å². The minimum atomic E-state index is 0.671. The molecule has 0 unspecified atom stereocenters. The van der Waals surface area contributed by atoms with Crippen molar-refractivity contribution in [3.8, 4) is 0 Å². The molecule has 106 valence electrons. The molecule has 4 nitrogen and oxygen atoms in total. The van der Waals surface area contributed by atoms with E-state index in [-0.39, 0.29) is 0 Å². The molecule has 1 aromatic heterocycles. The minimum absolute atomic E-state index is 0.671. The van der Waals surface area contributed by atoms with Gasteiger partial charge in [-0.15, -0.1) is 0 Å². The van der Waals surface area contributed by atoms with Gasteiger partial charge in [-0.2, -0.15) is 0 Å². The fraction of sp³-hybridized carbons (Fsp3) is 0.733. The van der Waals surface area contributed by atoms with Crippen molar-refractivity contribution in [1.82, 2.24) is 15.3 Å². The number of aromatic nitrogens is 2. The summed E-state index contributed by atoms with van der Waals surface area (Å²) in [4.78, 5) is 11.6. The topological polar surface area (TPSA) is 41.1 Å². The number of aryl methyl sites for hydroxylation is 1. The van der Waals surface area contributed by atoms with Crippen LogP contribution in [0.15, 0.2) is 6.07 Å². The van der Waals surface area contributed by atoms with Gasteiger partial charge in [0.05, 0.1) is 5.69 Å². The number of nitrogens with zero attached hydrogens (tertiary/aromatic N) is 3. The van der Waals surface area contributed by atoms with Gasteiger partial charge in [0.1, 0.15) is 0 Å². The van der Waals surface area contributed by atoms with E-state index in [9.17, 15) is 0 Å². The molecule has 0 aromatic carbocycles. The summed E-state index contributed by atoms with van der Waals surface area (Å²) in [5.41, 5.74) is 2.17. The van der Waals surface area contributed by atoms with Gasteiger partial charge in [-0.05, 0) is 44.7 Å². The molecule has 0 amide bonds. The first kappa shape index (κ1) is 14.3. The van der Waals surface area contributed by atoms with E-state index < -0.39 is 0 Å². The van der Waals surface area contributed by atoms with Crippen molar-refractivity contribution in [2.75, 3.05) is 24.5 Å². The monoisotopic (exact) mass is 262 g/mol. The highest BCUT2D eigenvalue weighted by Gasteiger charge is 2.14. The Bertz CT molecular complexity index is 397. The average molecular weight is 262 g/mol. The first-order chi connectivity index (χ1) is 9.15. The van der Waals surface area contributed by atoms with Crippen LogP contribution in [0.3, 0.4) is 0 Å². The van der Waals surface area contributed by atoms with E-state index in [2.05, 4.69) is 42.0 Å². The van der Waals surface area contributed by atoms with Crippen LogP contribution < -0.4 is 10.2 Å². The van der Waals surface area contributed by atoms with E-state index in [4.69, 9.17) is 4.98 Å². The molecule has 1 aromatic rings. The van der Waals surface area contributed by atoms with Crippen molar-refractivity contribution in [3.63, 3.8) is 0 Å². The molecule has 0 aliphatic carbocycles. The SMILES string of the molecule is Cc1cc(CNCC(C)C)nc(N2CCCCC2)n1. The molecular formula is C15H26N4. The number of anilines is 1. The predicted octanol–water partition coefficient (Wildman–Crippen LogP) is 2.52. The zero-order valence-electron chi connectivity index (χ0n) is 12.4. The van der Waals surface area contributed by atoms with E-state index in [1.165, 1.54) is 19.3 Å². The average Bonchev–Trinajstić information content (AvgIpc) is 2.39. The molecular weight excluding hydrogens is 236 g/mol. The molecule has 1 N–H and O–H groups in total. The first-order valence-electron chi connectivity index (χ1n) is 7.45. The molecule has 1 fully saturated rings. The maximum absolute atomic E-state index is 4.71. The Hall–Kier alpha value is -1.16. The highest BCUT2D eigenvalue weighted by Crippen LogP contribution is 2.16. The van der Waals surface area contributed by atoms with Gasteiger partial charge in [0, 0.05) is 25.3 Å². The lowest BCUT2D eigenvalue weighted by Crippen LogP contribution is -2.31. The van der Waals surface area contributed by atoms with Crippen LogP contribution in [0.5, 0.6) is 0 Å². The molecule has 0 spiro atoms. The molecule has 1 aliphatic heterocycles. The Balaban J connectivity index is 2.01. The third-order valence-corrected chi connectivity index (χ3v) is 3.39. The van der Waals surface area contributed by atoms with Crippen LogP contribution in [0.1, 0.15) is 44.5 Å². The molecule has 2 rings (SSSR count). The van der Waals surface area contributed by atoms with Crippen molar-refractivity contribution < 1.29 is 0 Å². The van der Waals surface area contributed by atoms with E-state index >= 15 is 0 Å². The lowest BCUT2D eigenvalue weighted by Gasteiger charge is -2.27. The van der Waals surface area contributed by atoms with Crippen molar-refractivity contribution >= 4 is 5.95 Å².